The fourth-order valence-corrected chi connectivity index (χ4v) is 2.71. The third-order valence-corrected chi connectivity index (χ3v) is 4.27. The summed E-state index contributed by atoms with van der Waals surface area (Å²) >= 11 is 0. The molecule has 0 heterocycles. The molecule has 0 aliphatic carbocycles. The van der Waals surface area contributed by atoms with Gasteiger partial charge in [-0.2, -0.15) is 0 Å². The van der Waals surface area contributed by atoms with E-state index in [0.717, 1.165) is 19.3 Å². The van der Waals surface area contributed by atoms with Crippen molar-refractivity contribution in [3.8, 4) is 11.5 Å². The lowest BCUT2D eigenvalue weighted by Crippen LogP contribution is -2.29. The van der Waals surface area contributed by atoms with Crippen LogP contribution in [0.1, 0.15) is 36.5 Å². The summed E-state index contributed by atoms with van der Waals surface area (Å²) in [6.45, 7) is 2.67. The summed E-state index contributed by atoms with van der Waals surface area (Å²) in [6.07, 6.45) is 1.85. The Labute approximate surface area is 181 Å². The zero-order valence-corrected chi connectivity index (χ0v) is 17.9. The van der Waals surface area contributed by atoms with E-state index in [-0.39, 0.29) is 17.5 Å². The molecule has 0 fully saturated rings. The Morgan fingerprint density at radius 2 is 1.65 bits per heavy atom. The molecule has 2 aromatic carbocycles. The van der Waals surface area contributed by atoms with Crippen LogP contribution in [0, 0.1) is 0 Å². The van der Waals surface area contributed by atoms with Gasteiger partial charge < -0.3 is 25.4 Å². The SMILES string of the molecule is CCCCCNC(=O)Nc1ccc(Oc2ccc(NC(=O)O)cc2)c(C(=O)N(C)C)c1. The van der Waals surface area contributed by atoms with Crippen molar-refractivity contribution < 1.29 is 24.2 Å². The standard InChI is InChI=1S/C22H28N4O5/c1-4-5-6-13-23-21(28)24-16-9-12-19(18(14-16)20(27)26(2)3)31-17-10-7-15(8-11-17)25-22(29)30/h7-12,14,25H,4-6,13H2,1-3H3,(H,29,30)(H2,23,24,28). The second kappa shape index (κ2) is 11.4. The molecule has 166 valence electrons. The zero-order chi connectivity index (χ0) is 22.8. The summed E-state index contributed by atoms with van der Waals surface area (Å²) in [5.74, 6) is 0.454. The molecule has 0 aliphatic rings. The Morgan fingerprint density at radius 1 is 0.968 bits per heavy atom. The van der Waals surface area contributed by atoms with Crippen LogP contribution in [0.2, 0.25) is 0 Å². The second-order valence-corrected chi connectivity index (χ2v) is 7.06. The van der Waals surface area contributed by atoms with Crippen molar-refractivity contribution in [1.29, 1.82) is 0 Å². The molecular formula is C22H28N4O5. The molecule has 0 spiro atoms. The van der Waals surface area contributed by atoms with E-state index in [1.165, 1.54) is 4.90 Å². The Bertz CT molecular complexity index is 913. The molecule has 2 aromatic rings. The number of carbonyl (C=O) groups is 3. The molecule has 4 N–H and O–H groups in total. The largest absolute Gasteiger partial charge is 0.465 e. The van der Waals surface area contributed by atoms with E-state index in [0.29, 0.717) is 29.4 Å². The Kier molecular flexibility index (Phi) is 8.68. The summed E-state index contributed by atoms with van der Waals surface area (Å²) in [6, 6.07) is 10.8. The van der Waals surface area contributed by atoms with Gasteiger partial charge in [-0.05, 0) is 48.9 Å². The van der Waals surface area contributed by atoms with Crippen molar-refractivity contribution in [1.82, 2.24) is 10.2 Å². The Hall–Kier alpha value is -3.75. The molecule has 0 unspecified atom stereocenters. The molecule has 0 radical (unpaired) electrons. The molecule has 9 heteroatoms. The van der Waals surface area contributed by atoms with Crippen molar-refractivity contribution in [2.24, 2.45) is 0 Å². The van der Waals surface area contributed by atoms with Crippen LogP contribution in [-0.4, -0.2) is 48.7 Å². The van der Waals surface area contributed by atoms with Gasteiger partial charge in [-0.15, -0.1) is 0 Å². The number of urea groups is 1. The summed E-state index contributed by atoms with van der Waals surface area (Å²) in [5.41, 5.74) is 1.14. The third kappa shape index (κ3) is 7.54. The average molecular weight is 428 g/mol. The van der Waals surface area contributed by atoms with Gasteiger partial charge >= 0.3 is 12.1 Å². The first-order valence-corrected chi connectivity index (χ1v) is 9.98. The van der Waals surface area contributed by atoms with Crippen molar-refractivity contribution in [2.75, 3.05) is 31.3 Å². The predicted molar refractivity (Wildman–Crippen MR) is 119 cm³/mol. The third-order valence-electron chi connectivity index (χ3n) is 4.27. The molecule has 0 bridgehead atoms. The molecule has 0 aliphatic heterocycles. The van der Waals surface area contributed by atoms with Gasteiger partial charge in [0.1, 0.15) is 11.5 Å². The molecule has 0 saturated heterocycles. The van der Waals surface area contributed by atoms with Crippen molar-refractivity contribution in [3.05, 3.63) is 48.0 Å². The molecule has 0 atom stereocenters. The highest BCUT2D eigenvalue weighted by atomic mass is 16.5. The predicted octanol–water partition coefficient (Wildman–Crippen LogP) is 4.58. The minimum absolute atomic E-state index is 0.279. The first-order chi connectivity index (χ1) is 14.8. The number of rotatable bonds is 9. The highest BCUT2D eigenvalue weighted by Gasteiger charge is 2.17. The van der Waals surface area contributed by atoms with Crippen LogP contribution in [0.5, 0.6) is 11.5 Å². The van der Waals surface area contributed by atoms with Crippen molar-refractivity contribution in [3.63, 3.8) is 0 Å². The summed E-state index contributed by atoms with van der Waals surface area (Å²) in [7, 11) is 3.25. The smallest absolute Gasteiger partial charge is 0.409 e. The topological polar surface area (TPSA) is 120 Å². The lowest BCUT2D eigenvalue weighted by atomic mass is 10.1. The fraction of sp³-hybridized carbons (Fsp3) is 0.318. The highest BCUT2D eigenvalue weighted by Crippen LogP contribution is 2.29. The van der Waals surface area contributed by atoms with Crippen molar-refractivity contribution >= 4 is 29.4 Å². The van der Waals surface area contributed by atoms with Gasteiger partial charge in [-0.1, -0.05) is 19.8 Å². The highest BCUT2D eigenvalue weighted by molar-refractivity contribution is 5.99. The number of nitrogens with zero attached hydrogens (tertiary/aromatic N) is 1. The van der Waals surface area contributed by atoms with Gasteiger partial charge in [0.25, 0.3) is 5.91 Å². The number of amides is 4. The zero-order valence-electron chi connectivity index (χ0n) is 17.9. The van der Waals surface area contributed by atoms with Crippen LogP contribution in [0.3, 0.4) is 0 Å². The van der Waals surface area contributed by atoms with E-state index in [2.05, 4.69) is 22.9 Å². The van der Waals surface area contributed by atoms with E-state index in [1.54, 1.807) is 56.6 Å². The van der Waals surface area contributed by atoms with Gasteiger partial charge in [0.05, 0.1) is 5.56 Å². The molecule has 0 aromatic heterocycles. The average Bonchev–Trinajstić information content (AvgIpc) is 2.72. The summed E-state index contributed by atoms with van der Waals surface area (Å²) in [4.78, 5) is 36.9. The number of carboxylic acid groups (broad SMARTS) is 1. The van der Waals surface area contributed by atoms with E-state index in [4.69, 9.17) is 9.84 Å². The van der Waals surface area contributed by atoms with Crippen LogP contribution in [0.4, 0.5) is 21.0 Å². The molecular weight excluding hydrogens is 400 g/mol. The quantitative estimate of drug-likeness (QED) is 0.436. The normalized spacial score (nSPS) is 10.2. The van der Waals surface area contributed by atoms with Gasteiger partial charge in [-0.3, -0.25) is 10.1 Å². The lowest BCUT2D eigenvalue weighted by molar-refractivity contribution is 0.0825. The van der Waals surface area contributed by atoms with Crippen LogP contribution < -0.4 is 20.7 Å². The molecule has 9 nitrogen and oxygen atoms in total. The minimum Gasteiger partial charge on any atom is -0.465 e. The maximum absolute atomic E-state index is 12.7. The van der Waals surface area contributed by atoms with Gasteiger partial charge in [0.15, 0.2) is 0 Å². The van der Waals surface area contributed by atoms with Gasteiger partial charge in [0, 0.05) is 32.0 Å². The van der Waals surface area contributed by atoms with E-state index in [1.807, 2.05) is 0 Å². The number of benzene rings is 2. The Morgan fingerprint density at radius 3 is 2.26 bits per heavy atom. The maximum atomic E-state index is 12.7. The van der Waals surface area contributed by atoms with Crippen LogP contribution in [0.15, 0.2) is 42.5 Å². The minimum atomic E-state index is -1.16. The van der Waals surface area contributed by atoms with E-state index >= 15 is 0 Å². The first kappa shape index (κ1) is 23.5. The fourth-order valence-electron chi connectivity index (χ4n) is 2.71. The molecule has 2 rings (SSSR count). The molecule has 4 amide bonds. The summed E-state index contributed by atoms with van der Waals surface area (Å²) < 4.78 is 5.84. The number of hydrogen-bond donors (Lipinski definition) is 4. The summed E-state index contributed by atoms with van der Waals surface area (Å²) in [5, 5.41) is 16.5. The maximum Gasteiger partial charge on any atom is 0.409 e. The van der Waals surface area contributed by atoms with Crippen molar-refractivity contribution in [2.45, 2.75) is 26.2 Å². The lowest BCUT2D eigenvalue weighted by Gasteiger charge is -2.16. The second-order valence-electron chi connectivity index (χ2n) is 7.06. The first-order valence-electron chi connectivity index (χ1n) is 9.98. The van der Waals surface area contributed by atoms with Crippen LogP contribution in [-0.2, 0) is 0 Å². The number of unbranched alkanes of at least 4 members (excludes halogenated alkanes) is 2. The van der Waals surface area contributed by atoms with E-state index < -0.39 is 6.09 Å². The van der Waals surface area contributed by atoms with Crippen LogP contribution >= 0.6 is 0 Å². The van der Waals surface area contributed by atoms with Gasteiger partial charge in [-0.25, -0.2) is 9.59 Å². The molecule has 0 saturated carbocycles. The monoisotopic (exact) mass is 428 g/mol. The Balaban J connectivity index is 2.16. The number of ether oxygens (including phenoxy) is 1. The van der Waals surface area contributed by atoms with Gasteiger partial charge in [0.2, 0.25) is 0 Å². The number of anilines is 2. The van der Waals surface area contributed by atoms with E-state index in [9.17, 15) is 14.4 Å². The number of carbonyl (C=O) groups excluding carboxylic acids is 2. The molecule has 31 heavy (non-hydrogen) atoms. The number of nitrogens with one attached hydrogen (secondary N) is 3. The van der Waals surface area contributed by atoms with Crippen LogP contribution in [0.25, 0.3) is 0 Å². The number of hydrogen-bond acceptors (Lipinski definition) is 4.